The third-order valence-electron chi connectivity index (χ3n) is 3.11. The van der Waals surface area contributed by atoms with Crippen molar-refractivity contribution in [2.45, 2.75) is 38.1 Å². The van der Waals surface area contributed by atoms with Crippen LogP contribution in [0.5, 0.6) is 0 Å². The van der Waals surface area contributed by atoms with Gasteiger partial charge in [-0.1, -0.05) is 19.3 Å². The number of carbonyl (C=O) groups excluding carboxylic acids is 2. The van der Waals surface area contributed by atoms with Crippen molar-refractivity contribution in [3.63, 3.8) is 0 Å². The van der Waals surface area contributed by atoms with Crippen molar-refractivity contribution in [1.29, 1.82) is 0 Å². The average Bonchev–Trinajstić information content (AvgIpc) is 2.78. The van der Waals surface area contributed by atoms with Crippen LogP contribution in [0.15, 0.2) is 18.3 Å². The number of Topliss-reactive ketones (excluding diaryl/α,β-unsaturated/α-hetero) is 1. The number of aromatic nitrogens is 1. The first kappa shape index (κ1) is 10.1. The highest BCUT2D eigenvalue weighted by Crippen LogP contribution is 2.29. The first-order valence-corrected chi connectivity index (χ1v) is 5.49. The number of ketones is 1. The van der Waals surface area contributed by atoms with Crippen LogP contribution in [0, 0.1) is 0 Å². The van der Waals surface area contributed by atoms with E-state index >= 15 is 0 Å². The molecule has 0 aromatic carbocycles. The largest absolute Gasteiger partial charge is 0.342 e. The van der Waals surface area contributed by atoms with Crippen molar-refractivity contribution in [3.05, 3.63) is 24.0 Å². The minimum Gasteiger partial charge on any atom is -0.342 e. The number of carbonyl (C=O) groups is 2. The maximum atomic E-state index is 11.3. The molecule has 1 fully saturated rings. The smallest absolute Gasteiger partial charge is 0.241 e. The van der Waals surface area contributed by atoms with Crippen LogP contribution >= 0.6 is 0 Å². The molecule has 3 nitrogen and oxygen atoms in total. The molecule has 1 aliphatic rings. The van der Waals surface area contributed by atoms with Crippen molar-refractivity contribution in [1.82, 2.24) is 4.57 Å². The topological polar surface area (TPSA) is 39.1 Å². The van der Waals surface area contributed by atoms with Gasteiger partial charge >= 0.3 is 0 Å². The van der Waals surface area contributed by atoms with Gasteiger partial charge in [-0.25, -0.2) is 0 Å². The molecule has 0 N–H and O–H groups in total. The van der Waals surface area contributed by atoms with Gasteiger partial charge in [0.15, 0.2) is 6.29 Å². The van der Waals surface area contributed by atoms with E-state index < -0.39 is 5.78 Å². The number of rotatable bonds is 3. The minimum atomic E-state index is -0.412. The lowest BCUT2D eigenvalue weighted by molar-refractivity contribution is -0.104. The molecule has 80 valence electrons. The number of hydrogen-bond donors (Lipinski definition) is 0. The standard InChI is InChI=1S/C12H15NO2/c14-9-12(15)11-7-4-8-13(11)10-5-2-1-3-6-10/h4,7-10H,1-3,5-6H2. The number of nitrogens with zero attached hydrogens (tertiary/aromatic N) is 1. The maximum Gasteiger partial charge on any atom is 0.241 e. The molecule has 0 spiro atoms. The molecule has 1 aromatic heterocycles. The minimum absolute atomic E-state index is 0.397. The summed E-state index contributed by atoms with van der Waals surface area (Å²) in [5.41, 5.74) is 0.539. The molecule has 0 amide bonds. The molecule has 0 unspecified atom stereocenters. The zero-order chi connectivity index (χ0) is 10.7. The molecule has 1 heterocycles. The Morgan fingerprint density at radius 2 is 2.07 bits per heavy atom. The second kappa shape index (κ2) is 4.43. The van der Waals surface area contributed by atoms with Gasteiger partial charge in [-0.2, -0.15) is 0 Å². The number of hydrogen-bond acceptors (Lipinski definition) is 2. The van der Waals surface area contributed by atoms with E-state index in [0.29, 0.717) is 18.0 Å². The fraction of sp³-hybridized carbons (Fsp3) is 0.500. The Balaban J connectivity index is 2.23. The molecule has 2 rings (SSSR count). The molecule has 0 saturated heterocycles. The van der Waals surface area contributed by atoms with E-state index in [9.17, 15) is 9.59 Å². The maximum absolute atomic E-state index is 11.3. The third kappa shape index (κ3) is 2.01. The van der Waals surface area contributed by atoms with E-state index in [1.807, 2.05) is 16.8 Å². The van der Waals surface area contributed by atoms with Gasteiger partial charge in [-0.15, -0.1) is 0 Å². The molecule has 0 atom stereocenters. The molecule has 3 heteroatoms. The van der Waals surface area contributed by atoms with Gasteiger partial charge in [-0.3, -0.25) is 9.59 Å². The van der Waals surface area contributed by atoms with Gasteiger partial charge < -0.3 is 4.57 Å². The van der Waals surface area contributed by atoms with Crippen LogP contribution in [0.2, 0.25) is 0 Å². The van der Waals surface area contributed by atoms with Gasteiger partial charge in [0.25, 0.3) is 0 Å². The third-order valence-corrected chi connectivity index (χ3v) is 3.11. The lowest BCUT2D eigenvalue weighted by atomic mass is 9.95. The molecule has 0 radical (unpaired) electrons. The summed E-state index contributed by atoms with van der Waals surface area (Å²) >= 11 is 0. The Kier molecular flexibility index (Phi) is 2.99. The monoisotopic (exact) mass is 205 g/mol. The van der Waals surface area contributed by atoms with Crippen molar-refractivity contribution in [3.8, 4) is 0 Å². The lowest BCUT2D eigenvalue weighted by Crippen LogP contribution is -2.17. The average molecular weight is 205 g/mol. The molecule has 0 aliphatic heterocycles. The Labute approximate surface area is 89.1 Å². The second-order valence-electron chi connectivity index (χ2n) is 4.07. The van der Waals surface area contributed by atoms with Gasteiger partial charge in [0.05, 0.1) is 5.69 Å². The summed E-state index contributed by atoms with van der Waals surface area (Å²) in [4.78, 5) is 21.8. The summed E-state index contributed by atoms with van der Waals surface area (Å²) in [7, 11) is 0. The van der Waals surface area contributed by atoms with Gasteiger partial charge in [0.1, 0.15) is 0 Å². The van der Waals surface area contributed by atoms with Crippen molar-refractivity contribution < 1.29 is 9.59 Å². The Morgan fingerprint density at radius 1 is 1.33 bits per heavy atom. The summed E-state index contributed by atoms with van der Waals surface area (Å²) < 4.78 is 1.97. The van der Waals surface area contributed by atoms with Crippen LogP contribution in [-0.4, -0.2) is 16.6 Å². The lowest BCUT2D eigenvalue weighted by Gasteiger charge is -2.24. The predicted molar refractivity (Wildman–Crippen MR) is 56.9 cm³/mol. The summed E-state index contributed by atoms with van der Waals surface area (Å²) in [6.07, 6.45) is 8.27. The Morgan fingerprint density at radius 3 is 2.73 bits per heavy atom. The second-order valence-corrected chi connectivity index (χ2v) is 4.07. The Hall–Kier alpha value is -1.38. The van der Waals surface area contributed by atoms with E-state index in [-0.39, 0.29) is 0 Å². The van der Waals surface area contributed by atoms with Gasteiger partial charge in [-0.05, 0) is 25.0 Å². The quantitative estimate of drug-likeness (QED) is 0.431. The van der Waals surface area contributed by atoms with Gasteiger partial charge in [0, 0.05) is 12.2 Å². The highest BCUT2D eigenvalue weighted by atomic mass is 16.2. The van der Waals surface area contributed by atoms with Crippen LogP contribution in [0.25, 0.3) is 0 Å². The van der Waals surface area contributed by atoms with Crippen LogP contribution in [0.3, 0.4) is 0 Å². The Bertz CT molecular complexity index is 361. The van der Waals surface area contributed by atoms with Crippen LogP contribution in [-0.2, 0) is 4.79 Å². The van der Waals surface area contributed by atoms with Crippen molar-refractivity contribution in [2.75, 3.05) is 0 Å². The van der Waals surface area contributed by atoms with Crippen molar-refractivity contribution >= 4 is 12.1 Å². The normalized spacial score (nSPS) is 17.6. The molecule has 0 bridgehead atoms. The highest BCUT2D eigenvalue weighted by molar-refractivity contribution is 6.32. The molecular weight excluding hydrogens is 190 g/mol. The van der Waals surface area contributed by atoms with E-state index in [0.717, 1.165) is 12.8 Å². The fourth-order valence-corrected chi connectivity index (χ4v) is 2.34. The van der Waals surface area contributed by atoms with Gasteiger partial charge in [0.2, 0.25) is 5.78 Å². The van der Waals surface area contributed by atoms with E-state index in [1.165, 1.54) is 19.3 Å². The molecular formula is C12H15NO2. The molecule has 15 heavy (non-hydrogen) atoms. The van der Waals surface area contributed by atoms with E-state index in [1.54, 1.807) is 6.07 Å². The van der Waals surface area contributed by atoms with Crippen LogP contribution in [0.1, 0.15) is 48.6 Å². The predicted octanol–water partition coefficient (Wildman–Crippen LogP) is 2.37. The first-order valence-electron chi connectivity index (χ1n) is 5.49. The highest BCUT2D eigenvalue weighted by Gasteiger charge is 2.19. The zero-order valence-electron chi connectivity index (χ0n) is 8.69. The summed E-state index contributed by atoms with van der Waals surface area (Å²) in [5, 5.41) is 0. The van der Waals surface area contributed by atoms with E-state index in [4.69, 9.17) is 0 Å². The molecule has 1 saturated carbocycles. The summed E-state index contributed by atoms with van der Waals surface area (Å²) in [6, 6.07) is 3.98. The van der Waals surface area contributed by atoms with Crippen molar-refractivity contribution in [2.24, 2.45) is 0 Å². The summed E-state index contributed by atoms with van der Waals surface area (Å²) in [5.74, 6) is -0.412. The first-order chi connectivity index (χ1) is 7.33. The zero-order valence-corrected chi connectivity index (χ0v) is 8.69. The SMILES string of the molecule is O=CC(=O)c1cccn1C1CCCCC1. The fourth-order valence-electron chi connectivity index (χ4n) is 2.34. The van der Waals surface area contributed by atoms with E-state index in [2.05, 4.69) is 0 Å². The molecule has 1 aromatic rings. The van der Waals surface area contributed by atoms with Crippen LogP contribution in [0.4, 0.5) is 0 Å². The summed E-state index contributed by atoms with van der Waals surface area (Å²) in [6.45, 7) is 0. The van der Waals surface area contributed by atoms with Crippen LogP contribution < -0.4 is 0 Å². The number of aldehydes is 1. The molecule has 1 aliphatic carbocycles.